The molecule has 5 heteroatoms. The number of aryl methyl sites for hydroxylation is 1. The fourth-order valence-corrected chi connectivity index (χ4v) is 11.6. The lowest BCUT2D eigenvalue weighted by Crippen LogP contribution is -2.16. The lowest BCUT2D eigenvalue weighted by Gasteiger charge is -2.32. The third-order valence-corrected chi connectivity index (χ3v) is 15.2. The van der Waals surface area contributed by atoms with E-state index in [1.165, 1.54) is 48.7 Å². The zero-order valence-corrected chi connectivity index (χ0v) is 39.0. The molecule has 2 heterocycles. The molecule has 6 aromatic carbocycles. The molecule has 1 aliphatic carbocycles. The summed E-state index contributed by atoms with van der Waals surface area (Å²) in [5.74, 6) is 1.87. The van der Waals surface area contributed by atoms with Crippen LogP contribution in [0.4, 0.5) is 34.1 Å². The van der Waals surface area contributed by atoms with Crippen molar-refractivity contribution in [2.24, 2.45) is 0 Å². The zero-order valence-electron chi connectivity index (χ0n) is 36.6. The van der Waals surface area contributed by atoms with Gasteiger partial charge in [-0.15, -0.1) is 23.1 Å². The van der Waals surface area contributed by atoms with Gasteiger partial charge in [-0.2, -0.15) is 0 Å². The summed E-state index contributed by atoms with van der Waals surface area (Å²) in [5, 5.41) is 3.04. The Hall–Kier alpha value is -5.00. The minimum Gasteiger partial charge on any atom is -0.309 e. The third-order valence-electron chi connectivity index (χ3n) is 12.4. The Morgan fingerprint density at radius 2 is 1.23 bits per heavy atom. The molecule has 1 aliphatic heterocycles. The van der Waals surface area contributed by atoms with Gasteiger partial charge in [0.2, 0.25) is 0 Å². The number of benzene rings is 6. The molecule has 308 valence electrons. The van der Waals surface area contributed by atoms with Crippen LogP contribution in [-0.2, 0) is 10.8 Å². The maximum absolute atomic E-state index is 7.97. The van der Waals surface area contributed by atoms with Crippen molar-refractivity contribution in [3.8, 4) is 11.1 Å². The zero-order chi connectivity index (χ0) is 42.6. The number of nitrogens with zero attached hydrogens (tertiary/aromatic N) is 2. The maximum Gasteiger partial charge on any atom is 0.0887 e. The molecule has 2 aliphatic rings. The summed E-state index contributed by atoms with van der Waals surface area (Å²) in [5.41, 5.74) is 16.5. The van der Waals surface area contributed by atoms with Crippen LogP contribution < -0.4 is 9.80 Å². The average Bonchev–Trinajstić information content (AvgIpc) is 3.89. The molecule has 2 atom stereocenters. The number of fused-ring (bicyclic) bond motifs is 2. The number of allylic oxidation sites excluding steroid dienone is 1. The van der Waals surface area contributed by atoms with Crippen LogP contribution in [-0.4, -0.2) is 5.75 Å². The van der Waals surface area contributed by atoms with Gasteiger partial charge >= 0.3 is 0 Å². The van der Waals surface area contributed by atoms with Crippen molar-refractivity contribution in [3.63, 3.8) is 0 Å². The summed E-state index contributed by atoms with van der Waals surface area (Å²) < 4.78 is 0. The predicted octanol–water partition coefficient (Wildman–Crippen LogP) is 17.7. The molecule has 0 amide bonds. The van der Waals surface area contributed by atoms with Crippen LogP contribution in [0.3, 0.4) is 0 Å². The molecule has 0 N–H and O–H groups in total. The van der Waals surface area contributed by atoms with Crippen molar-refractivity contribution >= 4 is 74.9 Å². The van der Waals surface area contributed by atoms with E-state index in [4.69, 9.17) is 11.6 Å². The summed E-state index contributed by atoms with van der Waals surface area (Å²) in [6, 6.07) is 49.6. The molecule has 2 unspecified atom stereocenters. The van der Waals surface area contributed by atoms with Crippen LogP contribution in [0.25, 0.3) is 17.2 Å². The first-order valence-corrected chi connectivity index (χ1v) is 23.8. The van der Waals surface area contributed by atoms with E-state index < -0.39 is 0 Å². The van der Waals surface area contributed by atoms with Gasteiger partial charge in [-0.3, -0.25) is 0 Å². The highest BCUT2D eigenvalue weighted by atomic mass is 35.5. The predicted molar refractivity (Wildman–Crippen MR) is 267 cm³/mol. The van der Waals surface area contributed by atoms with Gasteiger partial charge in [0.25, 0.3) is 0 Å². The Morgan fingerprint density at radius 3 is 1.87 bits per heavy atom. The van der Waals surface area contributed by atoms with Gasteiger partial charge in [-0.25, -0.2) is 0 Å². The highest BCUT2D eigenvalue weighted by molar-refractivity contribution is 7.99. The van der Waals surface area contributed by atoms with Gasteiger partial charge in [0, 0.05) is 44.2 Å². The normalized spacial score (nSPS) is 16.0. The van der Waals surface area contributed by atoms with Crippen LogP contribution >= 0.6 is 34.7 Å². The molecule has 0 radical (unpaired) electrons. The molecule has 7 aromatic rings. The standard InChI is InChI=1S/C56H55ClN2S2/c1-36-30-50(58(42-26-22-40(23-27-42)55(3,4)5)43-28-24-41(25-29-43)56(6,7)8)53(57)51(31-36)59(44-17-12-15-38(32-44)48-34-60-52-21-10-9-19-46(48)52)45-18-13-16-39(33-45)49-35-61-54-37(2)14-11-20-47(49)54/h9-13,15-33,35,37,48H,14,34H2,1-8H3. The number of thioether (sulfide) groups is 1. The van der Waals surface area contributed by atoms with Crippen molar-refractivity contribution in [2.45, 2.75) is 89.4 Å². The Balaban J connectivity index is 1.24. The fourth-order valence-electron chi connectivity index (χ4n) is 8.92. The molecule has 1 aromatic heterocycles. The number of hydrogen-bond acceptors (Lipinski definition) is 4. The summed E-state index contributed by atoms with van der Waals surface area (Å²) in [4.78, 5) is 7.57. The van der Waals surface area contributed by atoms with Gasteiger partial charge in [0.05, 0.1) is 16.4 Å². The van der Waals surface area contributed by atoms with E-state index in [1.54, 1.807) is 0 Å². The second-order valence-corrected chi connectivity index (χ2v) is 21.2. The minimum absolute atomic E-state index is 0.0333. The van der Waals surface area contributed by atoms with Crippen molar-refractivity contribution in [2.75, 3.05) is 15.6 Å². The van der Waals surface area contributed by atoms with Crippen molar-refractivity contribution < 1.29 is 0 Å². The molecular weight excluding hydrogens is 800 g/mol. The number of hydrogen-bond donors (Lipinski definition) is 0. The Labute approximate surface area is 376 Å². The van der Waals surface area contributed by atoms with Crippen LogP contribution in [0.2, 0.25) is 5.02 Å². The lowest BCUT2D eigenvalue weighted by molar-refractivity contribution is 0.590. The van der Waals surface area contributed by atoms with E-state index in [9.17, 15) is 0 Å². The topological polar surface area (TPSA) is 6.48 Å². The van der Waals surface area contributed by atoms with E-state index in [2.05, 4.69) is 216 Å². The maximum atomic E-state index is 7.97. The first-order valence-electron chi connectivity index (χ1n) is 21.6. The number of halogens is 1. The summed E-state index contributed by atoms with van der Waals surface area (Å²) in [6.07, 6.45) is 5.75. The molecule has 61 heavy (non-hydrogen) atoms. The number of thiophene rings is 1. The third kappa shape index (κ3) is 8.11. The fraction of sp³-hybridized carbons (Fsp3) is 0.250. The van der Waals surface area contributed by atoms with Gasteiger partial charge in [0.1, 0.15) is 0 Å². The Kier molecular flexibility index (Phi) is 11.1. The van der Waals surface area contributed by atoms with E-state index in [-0.39, 0.29) is 10.8 Å². The van der Waals surface area contributed by atoms with Crippen LogP contribution in [0.1, 0.15) is 105 Å². The lowest BCUT2D eigenvalue weighted by atomic mass is 9.86. The van der Waals surface area contributed by atoms with E-state index >= 15 is 0 Å². The van der Waals surface area contributed by atoms with Gasteiger partial charge in [-0.05, 0) is 147 Å². The molecule has 0 saturated heterocycles. The second-order valence-electron chi connectivity index (χ2n) is 18.9. The quantitative estimate of drug-likeness (QED) is 0.150. The molecule has 0 spiro atoms. The largest absolute Gasteiger partial charge is 0.309 e. The molecular formula is C56H55ClN2S2. The second kappa shape index (κ2) is 16.4. The number of anilines is 6. The average molecular weight is 856 g/mol. The van der Waals surface area contributed by atoms with Crippen molar-refractivity contribution in [1.82, 2.24) is 0 Å². The Morgan fingerprint density at radius 1 is 0.639 bits per heavy atom. The summed E-state index contributed by atoms with van der Waals surface area (Å²) >= 11 is 11.8. The highest BCUT2D eigenvalue weighted by Crippen LogP contribution is 2.50. The highest BCUT2D eigenvalue weighted by Gasteiger charge is 2.28. The van der Waals surface area contributed by atoms with Gasteiger partial charge in [0.15, 0.2) is 0 Å². The first-order chi connectivity index (χ1) is 29.2. The van der Waals surface area contributed by atoms with E-state index in [0.29, 0.717) is 16.9 Å². The van der Waals surface area contributed by atoms with E-state index in [0.717, 1.165) is 51.9 Å². The SMILES string of the molecule is Cc1cc(N(c2ccc(C(C)(C)C)cc2)c2ccc(C(C)(C)C)cc2)c(Cl)c(N(c2cccc(-c3csc4c3C=CCC4C)c2)c2cccc(C3CSc4ccccc43)c2)c1. The number of rotatable bonds is 8. The molecule has 0 saturated carbocycles. The molecule has 2 nitrogen and oxygen atoms in total. The van der Waals surface area contributed by atoms with Crippen LogP contribution in [0.15, 0.2) is 150 Å². The van der Waals surface area contributed by atoms with Gasteiger partial charge in [-0.1, -0.05) is 139 Å². The van der Waals surface area contributed by atoms with Gasteiger partial charge < -0.3 is 9.80 Å². The Bertz CT molecular complexity index is 2690. The monoisotopic (exact) mass is 854 g/mol. The molecule has 9 rings (SSSR count). The molecule has 0 bridgehead atoms. The minimum atomic E-state index is 0.0333. The first kappa shape index (κ1) is 41.4. The van der Waals surface area contributed by atoms with Crippen LogP contribution in [0, 0.1) is 6.92 Å². The van der Waals surface area contributed by atoms with Crippen molar-refractivity contribution in [1.29, 1.82) is 0 Å². The molecule has 0 fully saturated rings. The summed E-state index contributed by atoms with van der Waals surface area (Å²) in [6.45, 7) is 18.1. The van der Waals surface area contributed by atoms with Crippen molar-refractivity contribution in [3.05, 3.63) is 188 Å². The smallest absolute Gasteiger partial charge is 0.0887 e. The summed E-state index contributed by atoms with van der Waals surface area (Å²) in [7, 11) is 0. The van der Waals surface area contributed by atoms with Crippen LogP contribution in [0.5, 0.6) is 0 Å². The van der Waals surface area contributed by atoms with E-state index in [1.807, 2.05) is 23.1 Å².